The van der Waals surface area contributed by atoms with Crippen molar-refractivity contribution in [3.63, 3.8) is 0 Å². The molecule has 124 valence electrons. The zero-order chi connectivity index (χ0) is 16.4. The summed E-state index contributed by atoms with van der Waals surface area (Å²) in [6, 6.07) is 0. The van der Waals surface area contributed by atoms with E-state index in [1.807, 2.05) is 0 Å². The molecule has 4 atom stereocenters. The summed E-state index contributed by atoms with van der Waals surface area (Å²) in [5.74, 6) is -1.16. The molecular formula is C13H17N5O5. The van der Waals surface area contributed by atoms with Crippen LogP contribution < -0.4 is 5.73 Å². The van der Waals surface area contributed by atoms with Crippen LogP contribution in [0.5, 0.6) is 5.88 Å². The molecule has 0 saturated carbocycles. The fourth-order valence-corrected chi connectivity index (χ4v) is 3.13. The van der Waals surface area contributed by atoms with E-state index in [2.05, 4.69) is 15.0 Å². The molecule has 10 nitrogen and oxygen atoms in total. The Bertz CT molecular complexity index is 763. The van der Waals surface area contributed by atoms with Crippen molar-refractivity contribution in [2.45, 2.75) is 44.2 Å². The van der Waals surface area contributed by atoms with Crippen LogP contribution in [0, 0.1) is 0 Å². The fourth-order valence-electron chi connectivity index (χ4n) is 3.13. The molecule has 23 heavy (non-hydrogen) atoms. The lowest BCUT2D eigenvalue weighted by molar-refractivity contribution is -0.199. The summed E-state index contributed by atoms with van der Waals surface area (Å²) in [5.41, 5.74) is 6.13. The molecule has 0 aromatic carbocycles. The normalized spacial score (nSPS) is 32.5. The van der Waals surface area contributed by atoms with Gasteiger partial charge in [-0.25, -0.2) is 4.98 Å². The number of ether oxygens (including phenoxy) is 3. The quantitative estimate of drug-likeness (QED) is 0.669. The maximum Gasteiger partial charge on any atom is 0.244 e. The van der Waals surface area contributed by atoms with E-state index in [0.29, 0.717) is 5.65 Å². The average Bonchev–Trinajstić information content (AvgIpc) is 3.09. The van der Waals surface area contributed by atoms with Gasteiger partial charge in [0, 0.05) is 0 Å². The predicted octanol–water partition coefficient (Wildman–Crippen LogP) is -0.476. The van der Waals surface area contributed by atoms with Gasteiger partial charge in [0.25, 0.3) is 0 Å². The zero-order valence-corrected chi connectivity index (χ0v) is 12.6. The van der Waals surface area contributed by atoms with E-state index in [4.69, 9.17) is 19.9 Å². The molecule has 2 aliphatic heterocycles. The first-order chi connectivity index (χ1) is 10.9. The minimum absolute atomic E-state index is 0.0751. The molecule has 0 amide bonds. The minimum Gasteiger partial charge on any atom is -0.492 e. The van der Waals surface area contributed by atoms with Gasteiger partial charge in [-0.05, 0) is 13.8 Å². The molecule has 2 saturated heterocycles. The van der Waals surface area contributed by atoms with Crippen LogP contribution >= 0.6 is 0 Å². The number of aliphatic hydroxyl groups is 1. The van der Waals surface area contributed by atoms with E-state index >= 15 is 0 Å². The maximum absolute atomic E-state index is 9.83. The lowest BCUT2D eigenvalue weighted by Crippen LogP contribution is -2.31. The highest BCUT2D eigenvalue weighted by Gasteiger charge is 2.56. The monoisotopic (exact) mass is 323 g/mol. The molecule has 2 fully saturated rings. The number of rotatable bonds is 2. The Hall–Kier alpha value is -2.01. The van der Waals surface area contributed by atoms with E-state index in [0.717, 1.165) is 0 Å². The third kappa shape index (κ3) is 2.14. The van der Waals surface area contributed by atoms with Crippen molar-refractivity contribution in [1.29, 1.82) is 0 Å². The minimum atomic E-state index is -0.780. The van der Waals surface area contributed by atoms with Crippen molar-refractivity contribution in [2.75, 3.05) is 12.3 Å². The second-order valence-electron chi connectivity index (χ2n) is 6.04. The Morgan fingerprint density at radius 3 is 2.78 bits per heavy atom. The number of nitrogens with two attached hydrogens (primary N) is 1. The van der Waals surface area contributed by atoms with E-state index in [1.54, 1.807) is 18.4 Å². The molecule has 4 unspecified atom stereocenters. The Kier molecular flexibility index (Phi) is 3.00. The number of nitrogens with zero attached hydrogens (tertiary/aromatic N) is 4. The molecule has 0 radical (unpaired) electrons. The Balaban J connectivity index is 1.79. The van der Waals surface area contributed by atoms with Crippen LogP contribution in [0.2, 0.25) is 0 Å². The van der Waals surface area contributed by atoms with Crippen LogP contribution in [0.1, 0.15) is 20.1 Å². The van der Waals surface area contributed by atoms with Gasteiger partial charge in [-0.15, -0.1) is 0 Å². The predicted molar refractivity (Wildman–Crippen MR) is 76.2 cm³/mol. The molecule has 2 aromatic heterocycles. The summed E-state index contributed by atoms with van der Waals surface area (Å²) in [7, 11) is 0. The number of hydrogen-bond acceptors (Lipinski definition) is 9. The Morgan fingerprint density at radius 2 is 2.04 bits per heavy atom. The number of anilines is 1. The summed E-state index contributed by atoms with van der Waals surface area (Å²) in [6.45, 7) is 3.40. The molecule has 2 aliphatic rings. The largest absolute Gasteiger partial charge is 0.492 e. The summed E-state index contributed by atoms with van der Waals surface area (Å²) in [4.78, 5) is 11.9. The molecule has 0 spiro atoms. The van der Waals surface area contributed by atoms with Gasteiger partial charge in [-0.1, -0.05) is 0 Å². The van der Waals surface area contributed by atoms with Crippen LogP contribution in [0.15, 0.2) is 6.33 Å². The smallest absolute Gasteiger partial charge is 0.244 e. The fraction of sp³-hybridized carbons (Fsp3) is 0.615. The average molecular weight is 323 g/mol. The first-order valence-electron chi connectivity index (χ1n) is 7.20. The number of aromatic nitrogens is 4. The van der Waals surface area contributed by atoms with Gasteiger partial charge in [-0.2, -0.15) is 9.97 Å². The van der Waals surface area contributed by atoms with Crippen molar-refractivity contribution in [1.82, 2.24) is 19.5 Å². The Morgan fingerprint density at radius 1 is 1.30 bits per heavy atom. The second kappa shape index (κ2) is 4.74. The van der Waals surface area contributed by atoms with Crippen LogP contribution in [0.3, 0.4) is 0 Å². The summed E-state index contributed by atoms with van der Waals surface area (Å²) in [6.07, 6.45) is -0.535. The molecule has 4 rings (SSSR count). The molecule has 2 aromatic rings. The maximum atomic E-state index is 9.83. The lowest BCUT2D eigenvalue weighted by Gasteiger charge is -2.24. The number of fused-ring (bicyclic) bond motifs is 2. The molecule has 0 bridgehead atoms. The third-order valence-corrected chi connectivity index (χ3v) is 4.00. The van der Waals surface area contributed by atoms with Crippen molar-refractivity contribution in [3.8, 4) is 5.88 Å². The Labute approximate surface area is 130 Å². The van der Waals surface area contributed by atoms with Gasteiger partial charge in [0.1, 0.15) is 18.3 Å². The van der Waals surface area contributed by atoms with Crippen LogP contribution in [-0.4, -0.2) is 60.4 Å². The number of aromatic hydroxyl groups is 1. The third-order valence-electron chi connectivity index (χ3n) is 4.00. The molecule has 0 aliphatic carbocycles. The SMILES string of the molecule is CC1(C)OC2C(CO)OC(n3cnc4c(O)nc(N)nc43)C2O1. The van der Waals surface area contributed by atoms with Gasteiger partial charge >= 0.3 is 0 Å². The standard InChI is InChI=1S/C13H17N5O5/c1-13(2)22-7-5(3-19)21-11(8(7)23-13)18-4-15-6-9(18)16-12(14)17-10(6)20/h4-5,7-8,11,19H,3H2,1-2H3,(H3,14,16,17,20). The molecular weight excluding hydrogens is 306 g/mol. The van der Waals surface area contributed by atoms with Crippen molar-refractivity contribution < 1.29 is 24.4 Å². The summed E-state index contributed by atoms with van der Waals surface area (Å²) >= 11 is 0. The number of aliphatic hydroxyl groups excluding tert-OH is 1. The van der Waals surface area contributed by atoms with Gasteiger partial charge in [0.15, 0.2) is 23.2 Å². The molecule has 4 N–H and O–H groups in total. The van der Waals surface area contributed by atoms with E-state index in [1.165, 1.54) is 6.33 Å². The van der Waals surface area contributed by atoms with Crippen LogP contribution in [0.25, 0.3) is 11.2 Å². The van der Waals surface area contributed by atoms with E-state index < -0.39 is 30.3 Å². The first-order valence-corrected chi connectivity index (χ1v) is 7.20. The molecule has 4 heterocycles. The van der Waals surface area contributed by atoms with Gasteiger partial charge in [-0.3, -0.25) is 4.57 Å². The number of imidazole rings is 1. The molecule has 10 heteroatoms. The summed E-state index contributed by atoms with van der Waals surface area (Å²) in [5, 5.41) is 19.4. The summed E-state index contributed by atoms with van der Waals surface area (Å²) < 4.78 is 19.2. The highest BCUT2D eigenvalue weighted by atomic mass is 16.8. The van der Waals surface area contributed by atoms with E-state index in [9.17, 15) is 10.2 Å². The second-order valence-corrected chi connectivity index (χ2v) is 6.04. The lowest BCUT2D eigenvalue weighted by atomic mass is 10.1. The van der Waals surface area contributed by atoms with Crippen molar-refractivity contribution in [2.24, 2.45) is 0 Å². The van der Waals surface area contributed by atoms with Crippen LogP contribution in [0.4, 0.5) is 5.95 Å². The van der Waals surface area contributed by atoms with Gasteiger partial charge in [0.2, 0.25) is 11.8 Å². The van der Waals surface area contributed by atoms with Crippen molar-refractivity contribution in [3.05, 3.63) is 6.33 Å². The zero-order valence-electron chi connectivity index (χ0n) is 12.6. The van der Waals surface area contributed by atoms with Crippen molar-refractivity contribution >= 4 is 17.1 Å². The van der Waals surface area contributed by atoms with Gasteiger partial charge in [0.05, 0.1) is 12.9 Å². The number of nitrogen functional groups attached to an aromatic ring is 1. The number of hydrogen-bond donors (Lipinski definition) is 3. The van der Waals surface area contributed by atoms with E-state index in [-0.39, 0.29) is 24.0 Å². The highest BCUT2D eigenvalue weighted by molar-refractivity contribution is 5.77. The van der Waals surface area contributed by atoms with Crippen LogP contribution in [-0.2, 0) is 14.2 Å². The first kappa shape index (κ1) is 14.6. The van der Waals surface area contributed by atoms with Gasteiger partial charge < -0.3 is 30.2 Å². The highest BCUT2D eigenvalue weighted by Crippen LogP contribution is 2.43. The topological polar surface area (TPSA) is 138 Å².